The number of hydrogen-bond acceptors (Lipinski definition) is 4. The average Bonchev–Trinajstić information content (AvgIpc) is 2.78. The number of carbonyl (C=O) groups is 1. The lowest BCUT2D eigenvalue weighted by atomic mass is 10.1. The van der Waals surface area contributed by atoms with Gasteiger partial charge in [-0.25, -0.2) is 4.79 Å². The molecule has 2 rings (SSSR count). The van der Waals surface area contributed by atoms with Gasteiger partial charge < -0.3 is 14.4 Å². The number of nitrogens with zero attached hydrogens (tertiary/aromatic N) is 1. The van der Waals surface area contributed by atoms with Gasteiger partial charge in [0.1, 0.15) is 5.75 Å². The maximum absolute atomic E-state index is 10.7. The molecule has 0 aliphatic rings. The van der Waals surface area contributed by atoms with Crippen LogP contribution in [0.5, 0.6) is 5.75 Å². The third-order valence-electron chi connectivity index (χ3n) is 2.18. The van der Waals surface area contributed by atoms with Gasteiger partial charge in [0.15, 0.2) is 11.5 Å². The van der Waals surface area contributed by atoms with E-state index in [2.05, 4.69) is 5.16 Å². The summed E-state index contributed by atoms with van der Waals surface area (Å²) in [5.41, 5.74) is 0.366. The lowest BCUT2D eigenvalue weighted by Gasteiger charge is -2.05. The highest BCUT2D eigenvalue weighted by Gasteiger charge is 2.16. The van der Waals surface area contributed by atoms with E-state index in [0.717, 1.165) is 0 Å². The van der Waals surface area contributed by atoms with Crippen LogP contribution in [-0.4, -0.2) is 23.3 Å². The SMILES string of the molecule is COc1cccc(-c2cc(C(=O)O)no2)c1Cl. The highest BCUT2D eigenvalue weighted by Crippen LogP contribution is 2.35. The fourth-order valence-corrected chi connectivity index (χ4v) is 1.66. The Labute approximate surface area is 102 Å². The first-order chi connectivity index (χ1) is 8.13. The number of ether oxygens (including phenoxy) is 1. The van der Waals surface area contributed by atoms with Crippen molar-refractivity contribution in [1.82, 2.24) is 5.16 Å². The van der Waals surface area contributed by atoms with Gasteiger partial charge in [0.05, 0.1) is 12.1 Å². The van der Waals surface area contributed by atoms with Gasteiger partial charge in [0.2, 0.25) is 0 Å². The maximum atomic E-state index is 10.7. The van der Waals surface area contributed by atoms with Gasteiger partial charge in [0, 0.05) is 11.6 Å². The number of hydrogen-bond donors (Lipinski definition) is 1. The molecule has 0 saturated heterocycles. The van der Waals surface area contributed by atoms with E-state index in [1.165, 1.54) is 13.2 Å². The van der Waals surface area contributed by atoms with Crippen molar-refractivity contribution in [1.29, 1.82) is 0 Å². The van der Waals surface area contributed by atoms with Crippen molar-refractivity contribution in [2.24, 2.45) is 0 Å². The average molecular weight is 254 g/mol. The molecule has 1 heterocycles. The third-order valence-corrected chi connectivity index (χ3v) is 2.57. The third kappa shape index (κ3) is 2.09. The molecule has 88 valence electrons. The molecule has 0 unspecified atom stereocenters. The topological polar surface area (TPSA) is 72.6 Å². The molecule has 1 aromatic heterocycles. The molecule has 6 heteroatoms. The molecule has 0 amide bonds. The van der Waals surface area contributed by atoms with Gasteiger partial charge in [0.25, 0.3) is 0 Å². The van der Waals surface area contributed by atoms with Crippen molar-refractivity contribution in [3.63, 3.8) is 0 Å². The monoisotopic (exact) mass is 253 g/mol. The Morgan fingerprint density at radius 2 is 2.29 bits per heavy atom. The number of carboxylic acid groups (broad SMARTS) is 1. The smallest absolute Gasteiger partial charge is 0.358 e. The number of halogens is 1. The van der Waals surface area contributed by atoms with Gasteiger partial charge in [-0.1, -0.05) is 22.8 Å². The van der Waals surface area contributed by atoms with Crippen LogP contribution in [0.3, 0.4) is 0 Å². The van der Waals surface area contributed by atoms with E-state index in [1.54, 1.807) is 18.2 Å². The highest BCUT2D eigenvalue weighted by atomic mass is 35.5. The predicted octanol–water partition coefficient (Wildman–Crippen LogP) is 2.70. The molecule has 17 heavy (non-hydrogen) atoms. The number of methoxy groups -OCH3 is 1. The van der Waals surface area contributed by atoms with Crippen LogP contribution in [0.25, 0.3) is 11.3 Å². The van der Waals surface area contributed by atoms with Crippen LogP contribution in [0.1, 0.15) is 10.5 Å². The molecule has 0 saturated carbocycles. The molecule has 0 bridgehead atoms. The van der Waals surface area contributed by atoms with E-state index in [0.29, 0.717) is 16.3 Å². The molecular weight excluding hydrogens is 246 g/mol. The Kier molecular flexibility index (Phi) is 3.01. The van der Waals surface area contributed by atoms with Gasteiger partial charge in [-0.05, 0) is 12.1 Å². The highest BCUT2D eigenvalue weighted by molar-refractivity contribution is 6.34. The van der Waals surface area contributed by atoms with Crippen LogP contribution in [0.2, 0.25) is 5.02 Å². The number of aromatic carboxylic acids is 1. The fraction of sp³-hybridized carbons (Fsp3) is 0.0909. The van der Waals surface area contributed by atoms with E-state index in [4.69, 9.17) is 26.0 Å². The second-order valence-electron chi connectivity index (χ2n) is 3.20. The lowest BCUT2D eigenvalue weighted by Crippen LogP contribution is -1.94. The Balaban J connectivity index is 2.49. The van der Waals surface area contributed by atoms with Crippen molar-refractivity contribution in [3.8, 4) is 17.1 Å². The van der Waals surface area contributed by atoms with E-state index in [-0.39, 0.29) is 11.5 Å². The molecule has 0 radical (unpaired) electrons. The van der Waals surface area contributed by atoms with Crippen LogP contribution in [0.4, 0.5) is 0 Å². The maximum Gasteiger partial charge on any atom is 0.358 e. The van der Waals surface area contributed by atoms with Crippen LogP contribution < -0.4 is 4.74 Å². The zero-order valence-corrected chi connectivity index (χ0v) is 9.56. The Morgan fingerprint density at radius 1 is 1.53 bits per heavy atom. The summed E-state index contributed by atoms with van der Waals surface area (Å²) in [7, 11) is 1.49. The second-order valence-corrected chi connectivity index (χ2v) is 3.58. The molecule has 1 aromatic carbocycles. The van der Waals surface area contributed by atoms with Crippen molar-refractivity contribution >= 4 is 17.6 Å². The molecule has 0 spiro atoms. The first-order valence-electron chi connectivity index (χ1n) is 4.66. The van der Waals surface area contributed by atoms with E-state index < -0.39 is 5.97 Å². The number of benzene rings is 1. The molecule has 2 aromatic rings. The summed E-state index contributed by atoms with van der Waals surface area (Å²) in [4.78, 5) is 10.7. The molecule has 0 aliphatic heterocycles. The minimum Gasteiger partial charge on any atom is -0.495 e. The largest absolute Gasteiger partial charge is 0.495 e. The van der Waals surface area contributed by atoms with Gasteiger partial charge in [-0.2, -0.15) is 0 Å². The van der Waals surface area contributed by atoms with Crippen LogP contribution in [-0.2, 0) is 0 Å². The number of aromatic nitrogens is 1. The summed E-state index contributed by atoms with van der Waals surface area (Å²) in [5.74, 6) is -0.386. The summed E-state index contributed by atoms with van der Waals surface area (Å²) < 4.78 is 9.97. The zero-order chi connectivity index (χ0) is 12.4. The predicted molar refractivity (Wildman–Crippen MR) is 60.5 cm³/mol. The number of rotatable bonds is 3. The fourth-order valence-electron chi connectivity index (χ4n) is 1.36. The summed E-state index contributed by atoms with van der Waals surface area (Å²) in [6, 6.07) is 6.42. The van der Waals surface area contributed by atoms with Crippen molar-refractivity contribution in [2.45, 2.75) is 0 Å². The molecule has 0 atom stereocenters. The van der Waals surface area contributed by atoms with E-state index >= 15 is 0 Å². The van der Waals surface area contributed by atoms with Crippen molar-refractivity contribution < 1.29 is 19.2 Å². The Morgan fingerprint density at radius 3 is 2.88 bits per heavy atom. The molecular formula is C11H8ClNO4. The minimum absolute atomic E-state index is 0.168. The molecule has 0 aliphatic carbocycles. The standard InChI is InChI=1S/C11H8ClNO4/c1-16-8-4-2-3-6(10(8)12)9-5-7(11(14)15)13-17-9/h2-5H,1H3,(H,14,15). The van der Waals surface area contributed by atoms with Gasteiger partial charge in [-0.15, -0.1) is 0 Å². The van der Waals surface area contributed by atoms with Crippen LogP contribution in [0.15, 0.2) is 28.8 Å². The van der Waals surface area contributed by atoms with Crippen LogP contribution >= 0.6 is 11.6 Å². The minimum atomic E-state index is -1.15. The molecule has 1 N–H and O–H groups in total. The van der Waals surface area contributed by atoms with Gasteiger partial charge >= 0.3 is 5.97 Å². The van der Waals surface area contributed by atoms with Gasteiger partial charge in [-0.3, -0.25) is 0 Å². The van der Waals surface area contributed by atoms with E-state index in [9.17, 15) is 4.79 Å². The number of carboxylic acids is 1. The first-order valence-corrected chi connectivity index (χ1v) is 5.04. The summed E-state index contributed by atoms with van der Waals surface area (Å²) >= 11 is 6.07. The Hall–Kier alpha value is -2.01. The van der Waals surface area contributed by atoms with Crippen LogP contribution in [0, 0.1) is 0 Å². The lowest BCUT2D eigenvalue weighted by molar-refractivity contribution is 0.0686. The zero-order valence-electron chi connectivity index (χ0n) is 8.81. The molecule has 0 fully saturated rings. The van der Waals surface area contributed by atoms with Crippen molar-refractivity contribution in [3.05, 3.63) is 35.0 Å². The normalized spacial score (nSPS) is 10.2. The first kappa shape index (κ1) is 11.5. The second kappa shape index (κ2) is 4.47. The van der Waals surface area contributed by atoms with E-state index in [1.807, 2.05) is 0 Å². The Bertz CT molecular complexity index is 564. The quantitative estimate of drug-likeness (QED) is 0.910. The van der Waals surface area contributed by atoms with Crippen molar-refractivity contribution in [2.75, 3.05) is 7.11 Å². The molecule has 5 nitrogen and oxygen atoms in total. The summed E-state index contributed by atoms with van der Waals surface area (Å²) in [5, 5.41) is 12.5. The summed E-state index contributed by atoms with van der Waals surface area (Å²) in [6.07, 6.45) is 0. The summed E-state index contributed by atoms with van der Waals surface area (Å²) in [6.45, 7) is 0.